The van der Waals surface area contributed by atoms with E-state index in [1.807, 2.05) is 11.0 Å². The average Bonchev–Trinajstić information content (AvgIpc) is 3.14. The van der Waals surface area contributed by atoms with Crippen molar-refractivity contribution in [2.24, 2.45) is 17.3 Å². The smallest absolute Gasteiger partial charge is 0.230 e. The summed E-state index contributed by atoms with van der Waals surface area (Å²) in [5.41, 5.74) is 2.12. The molecule has 1 aromatic carbocycles. The van der Waals surface area contributed by atoms with Crippen molar-refractivity contribution in [3.05, 3.63) is 59.4 Å². The molecule has 2 fully saturated rings. The van der Waals surface area contributed by atoms with Crippen LogP contribution in [0.15, 0.2) is 42.7 Å². The molecule has 2 aliphatic rings. The summed E-state index contributed by atoms with van der Waals surface area (Å²) in [6.07, 6.45) is 4.38. The number of rotatable bonds is 6. The molecule has 2 unspecified atom stereocenters. The fourth-order valence-electron chi connectivity index (χ4n) is 5.70. The van der Waals surface area contributed by atoms with Gasteiger partial charge in [0.15, 0.2) is 0 Å². The topological polar surface area (TPSA) is 56.7 Å². The van der Waals surface area contributed by atoms with Crippen LogP contribution in [0, 0.1) is 17.3 Å². The van der Waals surface area contributed by atoms with Crippen LogP contribution in [0.4, 0.5) is 5.69 Å². The molecule has 0 aliphatic carbocycles. The van der Waals surface area contributed by atoms with Gasteiger partial charge in [-0.15, -0.1) is 0 Å². The highest BCUT2D eigenvalue weighted by Crippen LogP contribution is 2.50. The Hall–Kier alpha value is -2.24. The van der Waals surface area contributed by atoms with Crippen LogP contribution in [0.1, 0.15) is 63.6 Å². The summed E-state index contributed by atoms with van der Waals surface area (Å²) < 4.78 is 0. The zero-order valence-electron chi connectivity index (χ0n) is 20.3. The number of benzene rings is 1. The molecule has 0 saturated carbocycles. The zero-order chi connectivity index (χ0) is 23.3. The molecule has 1 aromatic heterocycles. The number of amides is 1. The van der Waals surface area contributed by atoms with Gasteiger partial charge in [0, 0.05) is 42.7 Å². The van der Waals surface area contributed by atoms with Crippen LogP contribution in [0.5, 0.6) is 0 Å². The molecular formula is C27H37N3O2. The first-order chi connectivity index (χ1) is 15.1. The number of aromatic nitrogens is 1. The number of pyridine rings is 1. The molecule has 0 radical (unpaired) electrons. The van der Waals surface area contributed by atoms with Crippen LogP contribution in [0.25, 0.3) is 0 Å². The van der Waals surface area contributed by atoms with Crippen LogP contribution in [-0.4, -0.2) is 47.6 Å². The predicted molar refractivity (Wildman–Crippen MR) is 129 cm³/mol. The molecule has 1 amide bonds. The second-order valence-corrected chi connectivity index (χ2v) is 10.8. The molecule has 2 aromatic rings. The second kappa shape index (κ2) is 8.27. The van der Waals surface area contributed by atoms with Gasteiger partial charge >= 0.3 is 0 Å². The Balaban J connectivity index is 1.76. The second-order valence-electron chi connectivity index (χ2n) is 10.8. The third kappa shape index (κ3) is 3.65. The van der Waals surface area contributed by atoms with Crippen LogP contribution in [0.2, 0.25) is 0 Å². The molecule has 32 heavy (non-hydrogen) atoms. The van der Waals surface area contributed by atoms with Crippen molar-refractivity contribution in [1.82, 2.24) is 9.88 Å². The summed E-state index contributed by atoms with van der Waals surface area (Å²) in [7, 11) is 2.08. The molecule has 2 atom stereocenters. The van der Waals surface area contributed by atoms with Crippen LogP contribution < -0.4 is 4.90 Å². The van der Waals surface area contributed by atoms with Crippen LogP contribution in [-0.2, 0) is 10.4 Å². The van der Waals surface area contributed by atoms with Crippen molar-refractivity contribution in [2.45, 2.75) is 52.6 Å². The van der Waals surface area contributed by atoms with Crippen LogP contribution >= 0.6 is 0 Å². The monoisotopic (exact) mass is 435 g/mol. The van der Waals surface area contributed by atoms with Gasteiger partial charge < -0.3 is 14.9 Å². The Morgan fingerprint density at radius 3 is 2.28 bits per heavy atom. The number of anilines is 1. The molecule has 5 nitrogen and oxygen atoms in total. The number of aliphatic hydroxyl groups is 1. The number of carbonyl (C=O) groups excluding carboxylic acids is 1. The first kappa shape index (κ1) is 22.9. The minimum Gasteiger partial charge on any atom is -0.380 e. The molecule has 0 bridgehead atoms. The summed E-state index contributed by atoms with van der Waals surface area (Å²) in [6, 6.07) is 10.3. The number of hydrogen-bond acceptors (Lipinski definition) is 4. The van der Waals surface area contributed by atoms with Gasteiger partial charge in [-0.3, -0.25) is 9.78 Å². The predicted octanol–water partition coefficient (Wildman–Crippen LogP) is 4.40. The van der Waals surface area contributed by atoms with E-state index in [9.17, 15) is 9.90 Å². The third-order valence-electron chi connectivity index (χ3n) is 7.61. The van der Waals surface area contributed by atoms with E-state index < -0.39 is 5.60 Å². The van der Waals surface area contributed by atoms with Crippen LogP contribution in [0.3, 0.4) is 0 Å². The minimum atomic E-state index is -1.20. The SMILES string of the molecule is CC(C)c1ccc(C(O)(c2cncc(N3CCC(C(C)C)C3=O)c2)C2(C)CN(C)C2)cc1. The molecule has 2 aliphatic heterocycles. The average molecular weight is 436 g/mol. The van der Waals surface area contributed by atoms with Gasteiger partial charge in [0.2, 0.25) is 5.91 Å². The first-order valence-electron chi connectivity index (χ1n) is 11.8. The molecule has 172 valence electrons. The van der Waals surface area contributed by atoms with E-state index >= 15 is 0 Å². The summed E-state index contributed by atoms with van der Waals surface area (Å²) in [5.74, 6) is 0.976. The fourth-order valence-corrected chi connectivity index (χ4v) is 5.70. The Morgan fingerprint density at radius 1 is 1.09 bits per heavy atom. The maximum atomic E-state index is 13.0. The highest BCUT2D eigenvalue weighted by molar-refractivity contribution is 5.97. The van der Waals surface area contributed by atoms with E-state index in [2.05, 4.69) is 75.8 Å². The fraction of sp³-hybridized carbons (Fsp3) is 0.556. The normalized spacial score (nSPS) is 23.0. The molecular weight excluding hydrogens is 398 g/mol. The Labute approximate surface area is 192 Å². The molecule has 5 heteroatoms. The van der Waals surface area contributed by atoms with Crippen molar-refractivity contribution < 1.29 is 9.90 Å². The maximum Gasteiger partial charge on any atom is 0.230 e. The number of hydrogen-bond donors (Lipinski definition) is 1. The summed E-state index contributed by atoms with van der Waals surface area (Å²) >= 11 is 0. The lowest BCUT2D eigenvalue weighted by atomic mass is 9.62. The summed E-state index contributed by atoms with van der Waals surface area (Å²) in [4.78, 5) is 21.6. The Morgan fingerprint density at radius 2 is 1.75 bits per heavy atom. The third-order valence-corrected chi connectivity index (χ3v) is 7.61. The van der Waals surface area contributed by atoms with Gasteiger partial charge in [0.1, 0.15) is 5.60 Å². The number of carbonyl (C=O) groups is 1. The molecule has 0 spiro atoms. The quantitative estimate of drug-likeness (QED) is 0.731. The standard InChI is InChI=1S/C27H37N3O2/c1-18(2)20-7-9-21(10-8-20)27(32,26(5)16-29(6)17-26)22-13-23(15-28-14-22)30-12-11-24(19(3)4)25(30)31/h7-10,13-15,18-19,24,32H,11-12,16-17H2,1-6H3. The number of likely N-dealkylation sites (tertiary alicyclic amines) is 1. The van der Waals surface area contributed by atoms with Gasteiger partial charge in [-0.05, 0) is 42.5 Å². The van der Waals surface area contributed by atoms with Crippen molar-refractivity contribution >= 4 is 11.6 Å². The molecule has 2 saturated heterocycles. The molecule has 3 heterocycles. The van der Waals surface area contributed by atoms with Gasteiger partial charge in [0.05, 0.1) is 11.9 Å². The van der Waals surface area contributed by atoms with Gasteiger partial charge in [-0.2, -0.15) is 0 Å². The Kier molecular flexibility index (Phi) is 5.93. The lowest BCUT2D eigenvalue weighted by molar-refractivity contribution is -0.127. The van der Waals surface area contributed by atoms with Crippen molar-refractivity contribution in [3.63, 3.8) is 0 Å². The Bertz CT molecular complexity index is 979. The van der Waals surface area contributed by atoms with Crippen molar-refractivity contribution in [1.29, 1.82) is 0 Å². The molecule has 1 N–H and O–H groups in total. The minimum absolute atomic E-state index is 0.0546. The highest BCUT2D eigenvalue weighted by atomic mass is 16.3. The summed E-state index contributed by atoms with van der Waals surface area (Å²) in [6.45, 7) is 13.0. The van der Waals surface area contributed by atoms with E-state index in [0.29, 0.717) is 18.4 Å². The van der Waals surface area contributed by atoms with E-state index in [0.717, 1.165) is 36.3 Å². The van der Waals surface area contributed by atoms with Crippen molar-refractivity contribution in [2.75, 3.05) is 31.6 Å². The van der Waals surface area contributed by atoms with Gasteiger partial charge in [-0.25, -0.2) is 0 Å². The largest absolute Gasteiger partial charge is 0.380 e. The van der Waals surface area contributed by atoms with Gasteiger partial charge in [0.25, 0.3) is 0 Å². The lowest BCUT2D eigenvalue weighted by Crippen LogP contribution is -2.63. The number of nitrogens with zero attached hydrogens (tertiary/aromatic N) is 3. The lowest BCUT2D eigenvalue weighted by Gasteiger charge is -2.56. The zero-order valence-corrected chi connectivity index (χ0v) is 20.3. The summed E-state index contributed by atoms with van der Waals surface area (Å²) in [5, 5.41) is 12.4. The maximum absolute atomic E-state index is 13.0. The first-order valence-corrected chi connectivity index (χ1v) is 11.8. The molecule has 4 rings (SSSR count). The van der Waals surface area contributed by atoms with E-state index in [1.165, 1.54) is 5.56 Å². The highest BCUT2D eigenvalue weighted by Gasteiger charge is 2.55. The van der Waals surface area contributed by atoms with E-state index in [4.69, 9.17) is 0 Å². The van der Waals surface area contributed by atoms with Crippen molar-refractivity contribution in [3.8, 4) is 0 Å². The van der Waals surface area contributed by atoms with E-state index in [1.54, 1.807) is 12.4 Å². The van der Waals surface area contributed by atoms with Gasteiger partial charge in [-0.1, -0.05) is 58.9 Å². The van der Waals surface area contributed by atoms with E-state index in [-0.39, 0.29) is 17.2 Å².